The van der Waals surface area contributed by atoms with Crippen molar-refractivity contribution in [3.8, 4) is 11.5 Å². The van der Waals surface area contributed by atoms with Crippen molar-refractivity contribution in [1.82, 2.24) is 0 Å². The largest absolute Gasteiger partial charge is 0.505 e. The van der Waals surface area contributed by atoms with E-state index in [1.54, 1.807) is 0 Å². The second kappa shape index (κ2) is 4.89. The Morgan fingerprint density at radius 1 is 1.53 bits per heavy atom. The van der Waals surface area contributed by atoms with Crippen LogP contribution in [0.4, 0.5) is 0 Å². The number of hydrogen-bond donors (Lipinski definition) is 1. The molecule has 6 heteroatoms. The molecule has 4 nitrogen and oxygen atoms in total. The minimum Gasteiger partial charge on any atom is -0.505 e. The van der Waals surface area contributed by atoms with Gasteiger partial charge in [-0.25, -0.2) is 4.79 Å². The predicted molar refractivity (Wildman–Crippen MR) is 63.7 cm³/mol. The van der Waals surface area contributed by atoms with Crippen LogP contribution in [0.3, 0.4) is 0 Å². The molecule has 0 radical (unpaired) electrons. The molecule has 0 unspecified atom stereocenters. The number of phenolic OH excluding ortho intramolecular Hbond substituents is 1. The van der Waals surface area contributed by atoms with E-state index in [9.17, 15) is 9.90 Å². The van der Waals surface area contributed by atoms with Gasteiger partial charge < -0.3 is 14.6 Å². The molecule has 15 heavy (non-hydrogen) atoms. The SMILES string of the molecule is COC(=O)c1cc(I)c(OC)c(Cl)c1O. The van der Waals surface area contributed by atoms with Gasteiger partial charge in [-0.2, -0.15) is 0 Å². The Labute approximate surface area is 105 Å². The number of benzene rings is 1. The van der Waals surface area contributed by atoms with Gasteiger partial charge in [0, 0.05) is 0 Å². The molecule has 0 atom stereocenters. The lowest BCUT2D eigenvalue weighted by Crippen LogP contribution is -2.03. The normalized spacial score (nSPS) is 9.87. The first-order valence-electron chi connectivity index (χ1n) is 3.86. The van der Waals surface area contributed by atoms with Crippen molar-refractivity contribution >= 4 is 40.2 Å². The maximum Gasteiger partial charge on any atom is 0.341 e. The van der Waals surface area contributed by atoms with E-state index in [0.717, 1.165) is 0 Å². The standard InChI is InChI=1S/C9H8ClIO4/c1-14-8-5(11)3-4(9(13)15-2)7(12)6(8)10/h3,12H,1-2H3. The number of carbonyl (C=O) groups is 1. The topological polar surface area (TPSA) is 55.8 Å². The summed E-state index contributed by atoms with van der Waals surface area (Å²) in [7, 11) is 2.66. The first-order chi connectivity index (χ1) is 7.02. The minimum atomic E-state index is -0.644. The molecule has 0 aliphatic rings. The van der Waals surface area contributed by atoms with Gasteiger partial charge in [0.15, 0.2) is 11.5 Å². The van der Waals surface area contributed by atoms with Crippen LogP contribution in [0.5, 0.6) is 11.5 Å². The second-order valence-electron chi connectivity index (χ2n) is 2.59. The molecular formula is C9H8ClIO4. The molecular weight excluding hydrogens is 334 g/mol. The fourth-order valence-corrected chi connectivity index (χ4v) is 2.29. The number of rotatable bonds is 2. The number of hydrogen-bond acceptors (Lipinski definition) is 4. The summed E-state index contributed by atoms with van der Waals surface area (Å²) in [5.74, 6) is -0.641. The van der Waals surface area contributed by atoms with E-state index in [4.69, 9.17) is 16.3 Å². The van der Waals surface area contributed by atoms with E-state index in [1.165, 1.54) is 20.3 Å². The fraction of sp³-hybridized carbons (Fsp3) is 0.222. The van der Waals surface area contributed by atoms with Crippen molar-refractivity contribution < 1.29 is 19.4 Å². The van der Waals surface area contributed by atoms with Crippen molar-refractivity contribution in [2.45, 2.75) is 0 Å². The maximum atomic E-state index is 11.3. The molecule has 0 heterocycles. The van der Waals surface area contributed by atoms with Crippen molar-refractivity contribution in [1.29, 1.82) is 0 Å². The molecule has 0 aliphatic carbocycles. The Hall–Kier alpha value is -0.690. The van der Waals surface area contributed by atoms with Crippen molar-refractivity contribution in [2.75, 3.05) is 14.2 Å². The Kier molecular flexibility index (Phi) is 4.04. The average molecular weight is 343 g/mol. The Bertz CT molecular complexity index is 406. The molecule has 1 aromatic carbocycles. The summed E-state index contributed by atoms with van der Waals surface area (Å²) < 4.78 is 10.1. The number of aromatic hydroxyl groups is 1. The van der Waals surface area contributed by atoms with Crippen LogP contribution in [0, 0.1) is 3.57 Å². The van der Waals surface area contributed by atoms with E-state index < -0.39 is 5.97 Å². The van der Waals surface area contributed by atoms with Gasteiger partial charge in [-0.15, -0.1) is 0 Å². The molecule has 1 rings (SSSR count). The van der Waals surface area contributed by atoms with E-state index in [2.05, 4.69) is 4.74 Å². The third-order valence-corrected chi connectivity index (χ3v) is 2.91. The highest BCUT2D eigenvalue weighted by Gasteiger charge is 2.20. The molecule has 1 aromatic rings. The van der Waals surface area contributed by atoms with Gasteiger partial charge in [0.1, 0.15) is 10.6 Å². The highest BCUT2D eigenvalue weighted by molar-refractivity contribution is 14.1. The van der Waals surface area contributed by atoms with Crippen molar-refractivity contribution in [3.63, 3.8) is 0 Å². The number of phenols is 1. The van der Waals surface area contributed by atoms with Crippen LogP contribution < -0.4 is 4.74 Å². The molecule has 0 aliphatic heterocycles. The first kappa shape index (κ1) is 12.4. The summed E-state index contributed by atoms with van der Waals surface area (Å²) in [6.07, 6.45) is 0. The van der Waals surface area contributed by atoms with Crippen LogP contribution in [0.15, 0.2) is 6.07 Å². The van der Waals surface area contributed by atoms with Gasteiger partial charge in [-0.1, -0.05) is 11.6 Å². The van der Waals surface area contributed by atoms with Gasteiger partial charge in [-0.05, 0) is 28.7 Å². The predicted octanol–water partition coefficient (Wildman–Crippen LogP) is 2.45. The maximum absolute atomic E-state index is 11.3. The van der Waals surface area contributed by atoms with Gasteiger partial charge in [0.05, 0.1) is 17.8 Å². The summed E-state index contributed by atoms with van der Waals surface area (Å²) in [5.41, 5.74) is 0.0210. The van der Waals surface area contributed by atoms with Crippen LogP contribution in [0.25, 0.3) is 0 Å². The molecule has 0 amide bonds. The molecule has 1 N–H and O–H groups in total. The zero-order valence-corrected chi connectivity index (χ0v) is 10.9. The van der Waals surface area contributed by atoms with Gasteiger partial charge in [-0.3, -0.25) is 0 Å². The number of ether oxygens (including phenoxy) is 2. The highest BCUT2D eigenvalue weighted by Crippen LogP contribution is 2.39. The van der Waals surface area contributed by atoms with Crippen LogP contribution in [-0.2, 0) is 4.74 Å². The monoisotopic (exact) mass is 342 g/mol. The summed E-state index contributed by atoms with van der Waals surface area (Å²) >= 11 is 7.77. The van der Waals surface area contributed by atoms with Gasteiger partial charge in [0.2, 0.25) is 0 Å². The Balaban J connectivity index is 3.40. The number of carbonyl (C=O) groups excluding carboxylic acids is 1. The lowest BCUT2D eigenvalue weighted by atomic mass is 10.2. The Morgan fingerprint density at radius 2 is 2.13 bits per heavy atom. The average Bonchev–Trinajstić information content (AvgIpc) is 2.23. The van der Waals surface area contributed by atoms with Crippen molar-refractivity contribution in [3.05, 3.63) is 20.2 Å². The molecule has 82 valence electrons. The lowest BCUT2D eigenvalue weighted by Gasteiger charge is -2.10. The molecule has 0 aromatic heterocycles. The number of halogens is 2. The van der Waals surface area contributed by atoms with E-state index >= 15 is 0 Å². The lowest BCUT2D eigenvalue weighted by molar-refractivity contribution is 0.0597. The van der Waals surface area contributed by atoms with Crippen LogP contribution in [0.1, 0.15) is 10.4 Å². The highest BCUT2D eigenvalue weighted by atomic mass is 127. The van der Waals surface area contributed by atoms with E-state index in [1.807, 2.05) is 22.6 Å². The smallest absolute Gasteiger partial charge is 0.341 e. The van der Waals surface area contributed by atoms with Crippen LogP contribution in [-0.4, -0.2) is 25.3 Å². The summed E-state index contributed by atoms with van der Waals surface area (Å²) in [5, 5.41) is 9.62. The third-order valence-electron chi connectivity index (χ3n) is 1.76. The van der Waals surface area contributed by atoms with Crippen LogP contribution in [0.2, 0.25) is 5.02 Å². The number of esters is 1. The second-order valence-corrected chi connectivity index (χ2v) is 4.13. The fourth-order valence-electron chi connectivity index (χ4n) is 1.04. The molecule has 0 saturated heterocycles. The third kappa shape index (κ3) is 2.28. The molecule has 0 saturated carbocycles. The zero-order chi connectivity index (χ0) is 11.6. The zero-order valence-electron chi connectivity index (χ0n) is 8.01. The number of methoxy groups -OCH3 is 2. The van der Waals surface area contributed by atoms with E-state index in [0.29, 0.717) is 9.32 Å². The summed E-state index contributed by atoms with van der Waals surface area (Å²) in [4.78, 5) is 11.3. The van der Waals surface area contributed by atoms with Gasteiger partial charge >= 0.3 is 5.97 Å². The summed E-state index contributed by atoms with van der Waals surface area (Å²) in [6, 6.07) is 1.45. The molecule has 0 bridgehead atoms. The van der Waals surface area contributed by atoms with Gasteiger partial charge in [0.25, 0.3) is 0 Å². The quantitative estimate of drug-likeness (QED) is 0.662. The van der Waals surface area contributed by atoms with E-state index in [-0.39, 0.29) is 16.3 Å². The summed E-state index contributed by atoms with van der Waals surface area (Å²) in [6.45, 7) is 0. The first-order valence-corrected chi connectivity index (χ1v) is 5.31. The Morgan fingerprint density at radius 3 is 2.60 bits per heavy atom. The van der Waals surface area contributed by atoms with Crippen LogP contribution >= 0.6 is 34.2 Å². The molecule has 0 fully saturated rings. The minimum absolute atomic E-state index is 0.00444. The van der Waals surface area contributed by atoms with Crippen molar-refractivity contribution in [2.24, 2.45) is 0 Å². The molecule has 0 spiro atoms.